The standard InChI is InChI=1S/C34H53FN8O3/c1-22(2)28(10-9-14-40(8)17-25(7)30(36)44)42-19-34(20-42)13-15-41(18-34)31-32(39-38-21-37-31)46-29-12-11-26(35)16-27(29)33(45)43(23(3)4)24(5)6/h11-12,16,21-25,28H,9-10,13-15,17-20H2,1-8H3,(H2,36,44)/t25-,28+/m0/s1. The van der Waals surface area contributed by atoms with Gasteiger partial charge in [-0.05, 0) is 84.7 Å². The van der Waals surface area contributed by atoms with Gasteiger partial charge in [0.1, 0.15) is 17.9 Å². The van der Waals surface area contributed by atoms with Crippen molar-refractivity contribution >= 4 is 17.6 Å². The minimum absolute atomic E-state index is 0.0751. The second-order valence-corrected chi connectivity index (χ2v) is 14.3. The molecule has 12 heteroatoms. The van der Waals surface area contributed by atoms with Crippen molar-refractivity contribution in [2.24, 2.45) is 23.0 Å². The normalized spacial score (nSPS) is 17.6. The molecule has 0 radical (unpaired) electrons. The summed E-state index contributed by atoms with van der Waals surface area (Å²) in [4.78, 5) is 38.2. The topological polar surface area (TPSA) is 121 Å². The second-order valence-electron chi connectivity index (χ2n) is 14.3. The first kappa shape index (κ1) is 35.5. The van der Waals surface area contributed by atoms with E-state index in [1.54, 1.807) is 4.90 Å². The number of anilines is 1. The zero-order chi connectivity index (χ0) is 33.8. The Balaban J connectivity index is 1.41. The first-order chi connectivity index (χ1) is 21.7. The van der Waals surface area contributed by atoms with E-state index in [1.165, 1.54) is 24.5 Å². The van der Waals surface area contributed by atoms with E-state index in [4.69, 9.17) is 10.5 Å². The largest absolute Gasteiger partial charge is 0.434 e. The number of ether oxygens (including phenoxy) is 1. The number of hydrogen-bond donors (Lipinski definition) is 1. The van der Waals surface area contributed by atoms with E-state index < -0.39 is 5.82 Å². The highest BCUT2D eigenvalue weighted by Gasteiger charge is 2.50. The van der Waals surface area contributed by atoms with Gasteiger partial charge in [-0.2, -0.15) is 0 Å². The first-order valence-corrected chi connectivity index (χ1v) is 16.7. The Hall–Kier alpha value is -3.38. The van der Waals surface area contributed by atoms with Crippen LogP contribution in [0.25, 0.3) is 0 Å². The van der Waals surface area contributed by atoms with Crippen molar-refractivity contribution < 1.29 is 18.7 Å². The highest BCUT2D eigenvalue weighted by Crippen LogP contribution is 2.44. The molecule has 2 aromatic rings. The molecule has 0 unspecified atom stereocenters. The Morgan fingerprint density at radius 2 is 1.78 bits per heavy atom. The lowest BCUT2D eigenvalue weighted by molar-refractivity contribution is -0.121. The predicted molar refractivity (Wildman–Crippen MR) is 177 cm³/mol. The summed E-state index contributed by atoms with van der Waals surface area (Å²) >= 11 is 0. The molecule has 2 atom stereocenters. The number of likely N-dealkylation sites (tertiary alicyclic amines) is 1. The maximum absolute atomic E-state index is 14.4. The third-order valence-corrected chi connectivity index (χ3v) is 9.46. The van der Waals surface area contributed by atoms with Gasteiger partial charge in [0.15, 0.2) is 5.82 Å². The number of primary amides is 1. The van der Waals surface area contributed by atoms with Gasteiger partial charge in [0.05, 0.1) is 5.56 Å². The molecule has 3 heterocycles. The number of amides is 2. The lowest BCUT2D eigenvalue weighted by atomic mass is 9.76. The van der Waals surface area contributed by atoms with Gasteiger partial charge in [-0.25, -0.2) is 9.37 Å². The van der Waals surface area contributed by atoms with Crippen molar-refractivity contribution in [3.05, 3.63) is 35.9 Å². The second kappa shape index (κ2) is 15.0. The fourth-order valence-corrected chi connectivity index (χ4v) is 7.19. The average molecular weight is 641 g/mol. The highest BCUT2D eigenvalue weighted by atomic mass is 19.1. The van der Waals surface area contributed by atoms with E-state index in [0.717, 1.165) is 52.0 Å². The number of benzene rings is 1. The summed E-state index contributed by atoms with van der Waals surface area (Å²) in [5, 5.41) is 8.22. The molecule has 2 saturated heterocycles. The van der Waals surface area contributed by atoms with Crippen LogP contribution >= 0.6 is 0 Å². The fraction of sp³-hybridized carbons (Fsp3) is 0.676. The van der Waals surface area contributed by atoms with E-state index in [-0.39, 0.29) is 52.4 Å². The molecule has 2 aliphatic heterocycles. The maximum Gasteiger partial charge on any atom is 0.282 e. The Bertz CT molecular complexity index is 1340. The number of carbonyl (C=O) groups excluding carboxylic acids is 2. The Kier molecular flexibility index (Phi) is 11.6. The zero-order valence-electron chi connectivity index (χ0n) is 28.9. The number of carbonyl (C=O) groups is 2. The predicted octanol–water partition coefficient (Wildman–Crippen LogP) is 4.43. The fourth-order valence-electron chi connectivity index (χ4n) is 7.19. The molecule has 1 aromatic heterocycles. The first-order valence-electron chi connectivity index (χ1n) is 16.7. The van der Waals surface area contributed by atoms with E-state index in [0.29, 0.717) is 24.3 Å². The van der Waals surface area contributed by atoms with Gasteiger partial charge in [0.2, 0.25) is 5.91 Å². The zero-order valence-corrected chi connectivity index (χ0v) is 28.9. The molecule has 2 aliphatic rings. The van der Waals surface area contributed by atoms with Crippen LogP contribution in [0, 0.1) is 23.1 Å². The summed E-state index contributed by atoms with van der Waals surface area (Å²) in [6, 6.07) is 4.31. The summed E-state index contributed by atoms with van der Waals surface area (Å²) in [5.41, 5.74) is 5.74. The smallest absolute Gasteiger partial charge is 0.282 e. The van der Waals surface area contributed by atoms with Crippen LogP contribution in [-0.2, 0) is 4.79 Å². The van der Waals surface area contributed by atoms with Gasteiger partial charge in [0.25, 0.3) is 11.8 Å². The molecular weight excluding hydrogens is 587 g/mol. The Morgan fingerprint density at radius 1 is 1.09 bits per heavy atom. The van der Waals surface area contributed by atoms with Crippen molar-refractivity contribution in [3.63, 3.8) is 0 Å². The monoisotopic (exact) mass is 640 g/mol. The summed E-state index contributed by atoms with van der Waals surface area (Å²) < 4.78 is 20.6. The van der Waals surface area contributed by atoms with Gasteiger partial charge in [-0.3, -0.25) is 14.5 Å². The van der Waals surface area contributed by atoms with E-state index in [2.05, 4.69) is 50.8 Å². The van der Waals surface area contributed by atoms with Crippen LogP contribution in [0.15, 0.2) is 24.5 Å². The number of halogens is 1. The van der Waals surface area contributed by atoms with Crippen molar-refractivity contribution in [1.82, 2.24) is 29.9 Å². The van der Waals surface area contributed by atoms with Crippen molar-refractivity contribution in [2.45, 2.75) is 85.9 Å². The third-order valence-electron chi connectivity index (χ3n) is 9.46. The Labute approximate surface area is 273 Å². The molecular formula is C34H53FN8O3. The molecule has 11 nitrogen and oxygen atoms in total. The molecule has 1 aromatic carbocycles. The van der Waals surface area contributed by atoms with Crippen LogP contribution in [0.5, 0.6) is 11.6 Å². The molecule has 46 heavy (non-hydrogen) atoms. The lowest BCUT2D eigenvalue weighted by Gasteiger charge is -2.53. The molecule has 254 valence electrons. The number of nitrogens with two attached hydrogens (primary N) is 1. The van der Waals surface area contributed by atoms with Crippen LogP contribution in [0.4, 0.5) is 10.2 Å². The molecule has 4 rings (SSSR count). The van der Waals surface area contributed by atoms with Crippen molar-refractivity contribution in [2.75, 3.05) is 51.2 Å². The Morgan fingerprint density at radius 3 is 2.41 bits per heavy atom. The number of aromatic nitrogens is 3. The molecule has 2 fully saturated rings. The number of hydrogen-bond acceptors (Lipinski definition) is 9. The van der Waals surface area contributed by atoms with Gasteiger partial charge in [-0.1, -0.05) is 20.8 Å². The van der Waals surface area contributed by atoms with E-state index in [9.17, 15) is 14.0 Å². The van der Waals surface area contributed by atoms with E-state index in [1.807, 2.05) is 34.6 Å². The third kappa shape index (κ3) is 8.31. The van der Waals surface area contributed by atoms with Crippen molar-refractivity contribution in [3.8, 4) is 11.6 Å². The SMILES string of the molecule is CC(C)[C@@H](CCCN(C)C[C@H](C)C(N)=O)N1CC2(CCN(c3ncnnc3Oc3ccc(F)cc3C(=O)N(C(C)C)C(C)C)C2)C1. The number of nitrogens with zero attached hydrogens (tertiary/aromatic N) is 7. The minimum Gasteiger partial charge on any atom is -0.434 e. The van der Waals surface area contributed by atoms with Gasteiger partial charge in [-0.15, -0.1) is 10.2 Å². The average Bonchev–Trinajstić information content (AvgIpc) is 3.41. The summed E-state index contributed by atoms with van der Waals surface area (Å²) in [6.45, 7) is 19.5. The van der Waals surface area contributed by atoms with Crippen LogP contribution in [0.1, 0.15) is 78.1 Å². The van der Waals surface area contributed by atoms with Crippen LogP contribution in [0.3, 0.4) is 0 Å². The number of rotatable bonds is 15. The van der Waals surface area contributed by atoms with Crippen molar-refractivity contribution in [1.29, 1.82) is 0 Å². The van der Waals surface area contributed by atoms with Crippen LogP contribution < -0.4 is 15.4 Å². The molecule has 0 saturated carbocycles. The van der Waals surface area contributed by atoms with Gasteiger partial charge in [0, 0.05) is 62.2 Å². The van der Waals surface area contributed by atoms with E-state index >= 15 is 0 Å². The quantitative estimate of drug-likeness (QED) is 0.301. The molecule has 0 aliphatic carbocycles. The molecule has 1 spiro atoms. The molecule has 2 amide bonds. The summed E-state index contributed by atoms with van der Waals surface area (Å²) in [5.74, 6) is 0.307. The van der Waals surface area contributed by atoms with Gasteiger partial charge < -0.3 is 25.2 Å². The minimum atomic E-state index is -0.513. The maximum atomic E-state index is 14.4. The summed E-state index contributed by atoms with van der Waals surface area (Å²) in [6.07, 6.45) is 4.61. The molecule has 0 bridgehead atoms. The van der Waals surface area contributed by atoms with Crippen LogP contribution in [-0.4, -0.2) is 106 Å². The summed E-state index contributed by atoms with van der Waals surface area (Å²) in [7, 11) is 2.05. The molecule has 2 N–H and O–H groups in total. The highest BCUT2D eigenvalue weighted by molar-refractivity contribution is 5.97. The van der Waals surface area contributed by atoms with Gasteiger partial charge >= 0.3 is 0 Å². The van der Waals surface area contributed by atoms with Crippen LogP contribution in [0.2, 0.25) is 0 Å². The lowest BCUT2D eigenvalue weighted by Crippen LogP contribution is -2.62.